The summed E-state index contributed by atoms with van der Waals surface area (Å²) in [4.78, 5) is 0. The van der Waals surface area contributed by atoms with Gasteiger partial charge in [-0.15, -0.1) is 0 Å². The van der Waals surface area contributed by atoms with Crippen molar-refractivity contribution in [2.45, 2.75) is 18.6 Å². The fraction of sp³-hybridized carbons (Fsp3) is 0.167. The number of hydrogen-bond acceptors (Lipinski definition) is 4. The van der Waals surface area contributed by atoms with Crippen molar-refractivity contribution < 1.29 is 12.8 Å². The molecular formula is C12H13BrN2O3S. The first kappa shape index (κ1) is 14.1. The summed E-state index contributed by atoms with van der Waals surface area (Å²) in [6, 6.07) is 8.12. The highest BCUT2D eigenvalue weighted by Crippen LogP contribution is 2.23. The maximum atomic E-state index is 12.1. The highest BCUT2D eigenvalue weighted by Gasteiger charge is 2.18. The predicted molar refractivity (Wildman–Crippen MR) is 76.3 cm³/mol. The Kier molecular flexibility index (Phi) is 3.98. The Morgan fingerprint density at radius 1 is 1.32 bits per heavy atom. The molecule has 0 atom stereocenters. The van der Waals surface area contributed by atoms with Crippen molar-refractivity contribution in [2.75, 3.05) is 4.72 Å². The molecule has 0 saturated carbocycles. The molecule has 3 N–H and O–H groups in total. The molecule has 0 fully saturated rings. The predicted octanol–water partition coefficient (Wildman–Crippen LogP) is 2.61. The van der Waals surface area contributed by atoms with Crippen LogP contribution in [0.4, 0.5) is 5.69 Å². The van der Waals surface area contributed by atoms with E-state index in [4.69, 9.17) is 10.2 Å². The summed E-state index contributed by atoms with van der Waals surface area (Å²) >= 11 is 3.35. The number of halogens is 1. The minimum atomic E-state index is -3.73. The molecule has 0 bridgehead atoms. The van der Waals surface area contributed by atoms with E-state index in [1.165, 1.54) is 6.07 Å². The molecule has 0 aliphatic carbocycles. The standard InChI is InChI=1S/C12H13BrN2O3S/c1-8-2-3-9(6-11(8)13)15-19(16,17)12-5-4-10(7-14)18-12/h2-6,15H,7,14H2,1H3. The van der Waals surface area contributed by atoms with Crippen LogP contribution in [0.1, 0.15) is 11.3 Å². The van der Waals surface area contributed by atoms with Crippen LogP contribution in [-0.4, -0.2) is 8.42 Å². The second-order valence-corrected chi connectivity index (χ2v) is 6.46. The Morgan fingerprint density at radius 2 is 2.05 bits per heavy atom. The first-order chi connectivity index (χ1) is 8.92. The van der Waals surface area contributed by atoms with E-state index in [9.17, 15) is 8.42 Å². The monoisotopic (exact) mass is 344 g/mol. The topological polar surface area (TPSA) is 85.3 Å². The second kappa shape index (κ2) is 5.36. The number of hydrogen-bond donors (Lipinski definition) is 2. The highest BCUT2D eigenvalue weighted by molar-refractivity contribution is 9.10. The SMILES string of the molecule is Cc1ccc(NS(=O)(=O)c2ccc(CN)o2)cc1Br. The van der Waals surface area contributed by atoms with Gasteiger partial charge in [0.25, 0.3) is 10.0 Å². The van der Waals surface area contributed by atoms with Gasteiger partial charge in [-0.3, -0.25) is 4.72 Å². The zero-order valence-electron chi connectivity index (χ0n) is 10.2. The van der Waals surface area contributed by atoms with Crippen LogP contribution in [0.15, 0.2) is 44.3 Å². The number of anilines is 1. The van der Waals surface area contributed by atoms with Crippen molar-refractivity contribution in [1.29, 1.82) is 0 Å². The summed E-state index contributed by atoms with van der Waals surface area (Å²) < 4.78 is 32.5. The van der Waals surface area contributed by atoms with Crippen LogP contribution < -0.4 is 10.5 Å². The Morgan fingerprint density at radius 3 is 2.63 bits per heavy atom. The van der Waals surface area contributed by atoms with Crippen molar-refractivity contribution in [3.05, 3.63) is 46.1 Å². The fourth-order valence-electron chi connectivity index (χ4n) is 1.47. The smallest absolute Gasteiger partial charge is 0.295 e. The Balaban J connectivity index is 2.28. The third-order valence-electron chi connectivity index (χ3n) is 2.53. The van der Waals surface area contributed by atoms with Gasteiger partial charge in [-0.05, 0) is 36.8 Å². The lowest BCUT2D eigenvalue weighted by atomic mass is 10.2. The minimum absolute atomic E-state index is 0.148. The lowest BCUT2D eigenvalue weighted by Crippen LogP contribution is -2.12. The molecule has 1 aromatic carbocycles. The molecule has 0 aliphatic heterocycles. The number of nitrogens with one attached hydrogen (secondary N) is 1. The Hall–Kier alpha value is -1.31. The van der Waals surface area contributed by atoms with Gasteiger partial charge in [-0.2, -0.15) is 8.42 Å². The van der Waals surface area contributed by atoms with Crippen LogP contribution in [0.2, 0.25) is 0 Å². The number of nitrogens with two attached hydrogens (primary N) is 1. The quantitative estimate of drug-likeness (QED) is 0.892. The van der Waals surface area contributed by atoms with Gasteiger partial charge in [0.05, 0.1) is 12.2 Å². The summed E-state index contributed by atoms with van der Waals surface area (Å²) in [5.74, 6) is 0.422. The number of aryl methyl sites for hydroxylation is 1. The molecule has 2 rings (SSSR count). The first-order valence-corrected chi connectivity index (χ1v) is 7.78. The molecule has 0 unspecified atom stereocenters. The zero-order valence-corrected chi connectivity index (χ0v) is 12.6. The molecule has 102 valence electrons. The average Bonchev–Trinajstić information content (AvgIpc) is 2.83. The number of rotatable bonds is 4. The number of benzene rings is 1. The molecule has 0 amide bonds. The van der Waals surface area contributed by atoms with E-state index in [1.54, 1.807) is 18.2 Å². The molecule has 0 aliphatic rings. The highest BCUT2D eigenvalue weighted by atomic mass is 79.9. The molecule has 1 heterocycles. The largest absolute Gasteiger partial charge is 0.446 e. The summed E-state index contributed by atoms with van der Waals surface area (Å²) in [5.41, 5.74) is 6.86. The third kappa shape index (κ3) is 3.17. The molecular weight excluding hydrogens is 332 g/mol. The van der Waals surface area contributed by atoms with Gasteiger partial charge in [-0.25, -0.2) is 0 Å². The van der Waals surface area contributed by atoms with Gasteiger partial charge in [-0.1, -0.05) is 22.0 Å². The number of furan rings is 1. The maximum absolute atomic E-state index is 12.1. The maximum Gasteiger partial charge on any atom is 0.295 e. The van der Waals surface area contributed by atoms with Gasteiger partial charge < -0.3 is 10.2 Å². The molecule has 0 saturated heterocycles. The summed E-state index contributed by atoms with van der Waals surface area (Å²) in [6.45, 7) is 2.08. The van der Waals surface area contributed by atoms with Crippen LogP contribution in [-0.2, 0) is 16.6 Å². The Bertz CT molecular complexity index is 695. The molecule has 7 heteroatoms. The van der Waals surface area contributed by atoms with E-state index in [0.29, 0.717) is 11.4 Å². The van der Waals surface area contributed by atoms with Gasteiger partial charge in [0.1, 0.15) is 5.76 Å². The third-order valence-corrected chi connectivity index (χ3v) is 4.63. The Labute approximate surface area is 120 Å². The lowest BCUT2D eigenvalue weighted by Gasteiger charge is -2.07. The zero-order chi connectivity index (χ0) is 14.0. The molecule has 2 aromatic rings. The summed E-state index contributed by atoms with van der Waals surface area (Å²) in [6.07, 6.45) is 0. The normalized spacial score (nSPS) is 11.5. The van der Waals surface area contributed by atoms with E-state index in [1.807, 2.05) is 13.0 Å². The van der Waals surface area contributed by atoms with Crippen molar-refractivity contribution >= 4 is 31.6 Å². The lowest BCUT2D eigenvalue weighted by molar-refractivity contribution is 0.417. The van der Waals surface area contributed by atoms with Gasteiger partial charge in [0.15, 0.2) is 0 Å². The second-order valence-electron chi connectivity index (χ2n) is 3.99. The average molecular weight is 345 g/mol. The van der Waals surface area contributed by atoms with E-state index in [-0.39, 0.29) is 11.6 Å². The molecule has 19 heavy (non-hydrogen) atoms. The fourth-order valence-corrected chi connectivity index (χ4v) is 2.85. The molecule has 0 radical (unpaired) electrons. The summed E-state index contributed by atoms with van der Waals surface area (Å²) in [7, 11) is -3.73. The van der Waals surface area contributed by atoms with Crippen LogP contribution in [0, 0.1) is 6.92 Å². The van der Waals surface area contributed by atoms with E-state index in [2.05, 4.69) is 20.7 Å². The van der Waals surface area contributed by atoms with Crippen LogP contribution in [0.25, 0.3) is 0 Å². The van der Waals surface area contributed by atoms with Crippen molar-refractivity contribution in [3.8, 4) is 0 Å². The van der Waals surface area contributed by atoms with Crippen molar-refractivity contribution in [3.63, 3.8) is 0 Å². The van der Waals surface area contributed by atoms with Crippen molar-refractivity contribution in [1.82, 2.24) is 0 Å². The van der Waals surface area contributed by atoms with Crippen LogP contribution in [0.3, 0.4) is 0 Å². The molecule has 1 aromatic heterocycles. The summed E-state index contributed by atoms with van der Waals surface area (Å²) in [5, 5.41) is -0.148. The van der Waals surface area contributed by atoms with E-state index >= 15 is 0 Å². The minimum Gasteiger partial charge on any atom is -0.446 e. The van der Waals surface area contributed by atoms with E-state index < -0.39 is 10.0 Å². The van der Waals surface area contributed by atoms with Gasteiger partial charge in [0.2, 0.25) is 5.09 Å². The van der Waals surface area contributed by atoms with E-state index in [0.717, 1.165) is 10.0 Å². The first-order valence-electron chi connectivity index (χ1n) is 5.50. The van der Waals surface area contributed by atoms with Gasteiger partial charge in [0, 0.05) is 4.47 Å². The van der Waals surface area contributed by atoms with Crippen molar-refractivity contribution in [2.24, 2.45) is 5.73 Å². The van der Waals surface area contributed by atoms with Crippen LogP contribution in [0.5, 0.6) is 0 Å². The van der Waals surface area contributed by atoms with Gasteiger partial charge >= 0.3 is 0 Å². The van der Waals surface area contributed by atoms with Crippen LogP contribution >= 0.6 is 15.9 Å². The molecule has 0 spiro atoms. The number of sulfonamides is 1. The molecule has 5 nitrogen and oxygen atoms in total.